The van der Waals surface area contributed by atoms with Gasteiger partial charge in [0, 0.05) is 18.6 Å². The molecule has 1 aliphatic rings. The molecule has 1 N–H and O–H groups in total. The van der Waals surface area contributed by atoms with E-state index in [1.165, 1.54) is 32.5 Å². The molecule has 0 aromatic rings. The SMILES string of the molecule is CC(CNC/C=C/Cl)CN1CCCC1. The summed E-state index contributed by atoms with van der Waals surface area (Å²) in [6, 6.07) is 0. The molecule has 1 heterocycles. The van der Waals surface area contributed by atoms with Gasteiger partial charge in [-0.3, -0.25) is 0 Å². The van der Waals surface area contributed by atoms with Crippen molar-refractivity contribution in [1.29, 1.82) is 0 Å². The van der Waals surface area contributed by atoms with Crippen molar-refractivity contribution in [3.63, 3.8) is 0 Å². The molecule has 0 aromatic heterocycles. The smallest absolute Gasteiger partial charge is 0.0146 e. The quantitative estimate of drug-likeness (QED) is 0.684. The van der Waals surface area contributed by atoms with Crippen LogP contribution in [-0.4, -0.2) is 37.6 Å². The number of hydrogen-bond donors (Lipinski definition) is 1. The van der Waals surface area contributed by atoms with Gasteiger partial charge in [0.05, 0.1) is 0 Å². The minimum absolute atomic E-state index is 0.733. The molecule has 1 rings (SSSR count). The van der Waals surface area contributed by atoms with E-state index in [-0.39, 0.29) is 0 Å². The van der Waals surface area contributed by atoms with Gasteiger partial charge in [0.25, 0.3) is 0 Å². The van der Waals surface area contributed by atoms with Gasteiger partial charge in [-0.05, 0) is 38.4 Å². The average molecular weight is 217 g/mol. The summed E-state index contributed by atoms with van der Waals surface area (Å²) in [5.74, 6) is 0.733. The van der Waals surface area contributed by atoms with Gasteiger partial charge in [0.1, 0.15) is 0 Å². The Kier molecular flexibility index (Phi) is 6.24. The molecule has 0 spiro atoms. The van der Waals surface area contributed by atoms with E-state index < -0.39 is 0 Å². The zero-order valence-corrected chi connectivity index (χ0v) is 9.76. The first kappa shape index (κ1) is 12.0. The molecule has 0 radical (unpaired) electrons. The molecule has 0 bridgehead atoms. The highest BCUT2D eigenvalue weighted by molar-refractivity contribution is 6.25. The summed E-state index contributed by atoms with van der Waals surface area (Å²) < 4.78 is 0. The maximum Gasteiger partial charge on any atom is 0.0146 e. The number of nitrogens with one attached hydrogen (secondary N) is 1. The van der Waals surface area contributed by atoms with Crippen LogP contribution in [0.2, 0.25) is 0 Å². The fourth-order valence-corrected chi connectivity index (χ4v) is 2.02. The topological polar surface area (TPSA) is 15.3 Å². The second-order valence-corrected chi connectivity index (χ2v) is 4.38. The maximum atomic E-state index is 5.43. The van der Waals surface area contributed by atoms with E-state index >= 15 is 0 Å². The van der Waals surface area contributed by atoms with Crippen LogP contribution in [0.4, 0.5) is 0 Å². The van der Waals surface area contributed by atoms with Crippen LogP contribution in [0.25, 0.3) is 0 Å². The Morgan fingerprint density at radius 3 is 2.79 bits per heavy atom. The molecule has 3 heteroatoms. The van der Waals surface area contributed by atoms with Gasteiger partial charge in [0.15, 0.2) is 0 Å². The van der Waals surface area contributed by atoms with Crippen LogP contribution in [0.5, 0.6) is 0 Å². The third kappa shape index (κ3) is 4.99. The van der Waals surface area contributed by atoms with Crippen molar-refractivity contribution in [2.45, 2.75) is 19.8 Å². The lowest BCUT2D eigenvalue weighted by Crippen LogP contribution is -2.31. The number of rotatable bonds is 6. The summed E-state index contributed by atoms with van der Waals surface area (Å²) in [7, 11) is 0. The standard InChI is InChI=1S/C11H21ClN2/c1-11(9-13-6-4-5-12)10-14-7-2-3-8-14/h4-5,11,13H,2-3,6-10H2,1H3/b5-4+. The van der Waals surface area contributed by atoms with Crippen molar-refractivity contribution >= 4 is 11.6 Å². The normalized spacial score (nSPS) is 20.7. The molecule has 0 aromatic carbocycles. The molecule has 2 nitrogen and oxygen atoms in total. The molecule has 82 valence electrons. The molecular weight excluding hydrogens is 196 g/mol. The average Bonchev–Trinajstić information content (AvgIpc) is 2.65. The fraction of sp³-hybridized carbons (Fsp3) is 0.818. The Bertz CT molecular complexity index is 165. The Balaban J connectivity index is 2.00. The van der Waals surface area contributed by atoms with Crippen LogP contribution in [-0.2, 0) is 0 Å². The zero-order chi connectivity index (χ0) is 10.2. The van der Waals surface area contributed by atoms with Crippen LogP contribution in [0.3, 0.4) is 0 Å². The number of halogens is 1. The van der Waals surface area contributed by atoms with Crippen molar-refractivity contribution in [2.24, 2.45) is 5.92 Å². The van der Waals surface area contributed by atoms with Gasteiger partial charge in [-0.2, -0.15) is 0 Å². The molecule has 0 aliphatic carbocycles. The van der Waals surface area contributed by atoms with Gasteiger partial charge in [-0.25, -0.2) is 0 Å². The number of nitrogens with zero attached hydrogens (tertiary/aromatic N) is 1. The van der Waals surface area contributed by atoms with Gasteiger partial charge in [-0.1, -0.05) is 24.6 Å². The van der Waals surface area contributed by atoms with E-state index in [2.05, 4.69) is 17.1 Å². The zero-order valence-electron chi connectivity index (χ0n) is 9.01. The van der Waals surface area contributed by atoms with Crippen LogP contribution in [0, 0.1) is 5.92 Å². The molecule has 0 amide bonds. The van der Waals surface area contributed by atoms with Crippen molar-refractivity contribution in [2.75, 3.05) is 32.7 Å². The lowest BCUT2D eigenvalue weighted by Gasteiger charge is -2.20. The first-order valence-corrected chi connectivity index (χ1v) is 5.95. The highest BCUT2D eigenvalue weighted by atomic mass is 35.5. The Morgan fingerprint density at radius 1 is 1.43 bits per heavy atom. The minimum atomic E-state index is 0.733. The van der Waals surface area contributed by atoms with Crippen LogP contribution < -0.4 is 5.32 Å². The second kappa shape index (κ2) is 7.27. The molecule has 0 saturated carbocycles. The Hall–Kier alpha value is -0.0500. The van der Waals surface area contributed by atoms with E-state index in [1.54, 1.807) is 5.54 Å². The predicted octanol–water partition coefficient (Wildman–Crippen LogP) is 2.06. The molecule has 1 fully saturated rings. The summed E-state index contributed by atoms with van der Waals surface area (Å²) in [4.78, 5) is 2.56. The van der Waals surface area contributed by atoms with E-state index in [4.69, 9.17) is 11.6 Å². The molecule has 1 aliphatic heterocycles. The van der Waals surface area contributed by atoms with Crippen molar-refractivity contribution < 1.29 is 0 Å². The van der Waals surface area contributed by atoms with E-state index in [1.807, 2.05) is 6.08 Å². The Labute approximate surface area is 92.3 Å². The number of hydrogen-bond acceptors (Lipinski definition) is 2. The summed E-state index contributed by atoms with van der Waals surface area (Å²) in [6.45, 7) is 8.09. The Morgan fingerprint density at radius 2 is 2.14 bits per heavy atom. The van der Waals surface area contributed by atoms with Crippen molar-refractivity contribution in [3.8, 4) is 0 Å². The minimum Gasteiger partial charge on any atom is -0.313 e. The first-order valence-electron chi connectivity index (χ1n) is 5.51. The van der Waals surface area contributed by atoms with Crippen molar-refractivity contribution in [3.05, 3.63) is 11.6 Å². The van der Waals surface area contributed by atoms with Gasteiger partial charge in [-0.15, -0.1) is 0 Å². The summed E-state index contributed by atoms with van der Waals surface area (Å²) in [5.41, 5.74) is 1.57. The van der Waals surface area contributed by atoms with Crippen LogP contribution in [0.15, 0.2) is 11.6 Å². The lowest BCUT2D eigenvalue weighted by atomic mass is 10.1. The van der Waals surface area contributed by atoms with Crippen LogP contribution in [0.1, 0.15) is 19.8 Å². The maximum absolute atomic E-state index is 5.43. The third-order valence-corrected chi connectivity index (χ3v) is 2.79. The molecule has 1 atom stereocenters. The molecule has 1 unspecified atom stereocenters. The summed E-state index contributed by atoms with van der Waals surface area (Å²) in [5, 5.41) is 3.36. The summed E-state index contributed by atoms with van der Waals surface area (Å²) >= 11 is 5.43. The van der Waals surface area contributed by atoms with Gasteiger partial charge < -0.3 is 10.2 Å². The second-order valence-electron chi connectivity index (χ2n) is 4.13. The largest absolute Gasteiger partial charge is 0.313 e. The van der Waals surface area contributed by atoms with E-state index in [0.717, 1.165) is 19.0 Å². The highest BCUT2D eigenvalue weighted by Gasteiger charge is 2.13. The molecule has 14 heavy (non-hydrogen) atoms. The fourth-order valence-electron chi connectivity index (χ4n) is 1.93. The monoisotopic (exact) mass is 216 g/mol. The predicted molar refractivity (Wildman–Crippen MR) is 62.7 cm³/mol. The van der Waals surface area contributed by atoms with E-state index in [0.29, 0.717) is 0 Å². The van der Waals surface area contributed by atoms with Crippen molar-refractivity contribution in [1.82, 2.24) is 10.2 Å². The van der Waals surface area contributed by atoms with Crippen LogP contribution >= 0.6 is 11.6 Å². The number of likely N-dealkylation sites (tertiary alicyclic amines) is 1. The highest BCUT2D eigenvalue weighted by Crippen LogP contribution is 2.09. The first-order chi connectivity index (χ1) is 6.83. The molecular formula is C11H21ClN2. The lowest BCUT2D eigenvalue weighted by molar-refractivity contribution is 0.284. The summed E-state index contributed by atoms with van der Waals surface area (Å²) in [6.07, 6.45) is 4.70. The van der Waals surface area contributed by atoms with Gasteiger partial charge >= 0.3 is 0 Å². The third-order valence-electron chi connectivity index (χ3n) is 2.61. The van der Waals surface area contributed by atoms with Gasteiger partial charge in [0.2, 0.25) is 0 Å². The molecule has 1 saturated heterocycles. The van der Waals surface area contributed by atoms with E-state index in [9.17, 15) is 0 Å².